The predicted molar refractivity (Wildman–Crippen MR) is 75.3 cm³/mol. The molecule has 20 heavy (non-hydrogen) atoms. The van der Waals surface area contributed by atoms with Gasteiger partial charge in [0.2, 0.25) is 5.91 Å². The lowest BCUT2D eigenvalue weighted by Crippen LogP contribution is -2.39. The van der Waals surface area contributed by atoms with E-state index in [0.29, 0.717) is 30.9 Å². The van der Waals surface area contributed by atoms with E-state index >= 15 is 0 Å². The first-order valence-corrected chi connectivity index (χ1v) is 6.32. The molecule has 6 nitrogen and oxygen atoms in total. The molecule has 1 aromatic carbocycles. The smallest absolute Gasteiger partial charge is 0.243 e. The van der Waals surface area contributed by atoms with Crippen LogP contribution in [0.1, 0.15) is 12.8 Å². The van der Waals surface area contributed by atoms with Crippen molar-refractivity contribution >= 4 is 11.6 Å². The summed E-state index contributed by atoms with van der Waals surface area (Å²) in [7, 11) is 1.49. The molecule has 0 radical (unpaired) electrons. The number of carbonyl (C=O) groups is 1. The zero-order valence-electron chi connectivity index (χ0n) is 11.5. The van der Waals surface area contributed by atoms with E-state index < -0.39 is 6.04 Å². The molecule has 0 saturated heterocycles. The Kier molecular flexibility index (Phi) is 7.11. The molecule has 0 aromatic heterocycles. The number of amides is 1. The van der Waals surface area contributed by atoms with Crippen molar-refractivity contribution in [3.8, 4) is 11.8 Å². The summed E-state index contributed by atoms with van der Waals surface area (Å²) in [5.41, 5.74) is 6.24. The predicted octanol–water partition coefficient (Wildman–Crippen LogP) is 1.28. The third-order valence-electron chi connectivity index (χ3n) is 2.49. The van der Waals surface area contributed by atoms with E-state index in [1.54, 1.807) is 24.3 Å². The molecule has 3 N–H and O–H groups in total. The van der Waals surface area contributed by atoms with Crippen molar-refractivity contribution in [3.63, 3.8) is 0 Å². The van der Waals surface area contributed by atoms with Crippen molar-refractivity contribution < 1.29 is 14.3 Å². The molecule has 6 heteroatoms. The highest BCUT2D eigenvalue weighted by atomic mass is 16.5. The molecule has 0 heterocycles. The molecule has 0 fully saturated rings. The van der Waals surface area contributed by atoms with Gasteiger partial charge in [0.15, 0.2) is 0 Å². The molecule has 0 aliphatic carbocycles. The number of nitriles is 1. The number of rotatable bonds is 8. The Balaban J connectivity index is 2.51. The van der Waals surface area contributed by atoms with Crippen molar-refractivity contribution in [1.29, 1.82) is 5.26 Å². The van der Waals surface area contributed by atoms with Crippen molar-refractivity contribution in [2.45, 2.75) is 18.9 Å². The Hall–Kier alpha value is -2.10. The maximum absolute atomic E-state index is 11.7. The standard InChI is InChI=1S/C14H19N3O3/c1-19-10-13(16)14(18)17-11-5-4-6-12(9-11)20-8-3-2-7-15/h4-6,9,13H,2-3,8,10,16H2,1H3,(H,17,18). The van der Waals surface area contributed by atoms with Gasteiger partial charge in [-0.15, -0.1) is 0 Å². The maximum atomic E-state index is 11.7. The highest BCUT2D eigenvalue weighted by Crippen LogP contribution is 2.17. The highest BCUT2D eigenvalue weighted by molar-refractivity contribution is 5.94. The monoisotopic (exact) mass is 277 g/mol. The number of nitrogens with zero attached hydrogens (tertiary/aromatic N) is 1. The molecule has 1 amide bonds. The van der Waals surface area contributed by atoms with Crippen LogP contribution < -0.4 is 15.8 Å². The number of hydrogen-bond donors (Lipinski definition) is 2. The van der Waals surface area contributed by atoms with Gasteiger partial charge in [-0.25, -0.2) is 0 Å². The number of unbranched alkanes of at least 4 members (excludes halogenated alkanes) is 1. The molecule has 0 aliphatic rings. The molecule has 0 saturated carbocycles. The largest absolute Gasteiger partial charge is 0.493 e. The number of benzene rings is 1. The summed E-state index contributed by atoms with van der Waals surface area (Å²) in [5, 5.41) is 11.1. The normalized spacial score (nSPS) is 11.4. The number of anilines is 1. The Morgan fingerprint density at radius 1 is 1.55 bits per heavy atom. The molecule has 1 rings (SSSR count). The first-order valence-electron chi connectivity index (χ1n) is 6.32. The van der Waals surface area contributed by atoms with E-state index in [9.17, 15) is 4.79 Å². The van der Waals surface area contributed by atoms with E-state index in [4.69, 9.17) is 20.5 Å². The number of methoxy groups -OCH3 is 1. The molecule has 0 bridgehead atoms. The van der Waals surface area contributed by atoms with Crippen molar-refractivity contribution in [2.24, 2.45) is 5.73 Å². The average molecular weight is 277 g/mol. The van der Waals surface area contributed by atoms with Crippen molar-refractivity contribution in [1.82, 2.24) is 0 Å². The second-order valence-electron chi connectivity index (χ2n) is 4.19. The minimum absolute atomic E-state index is 0.163. The molecule has 1 unspecified atom stereocenters. The molecule has 108 valence electrons. The summed E-state index contributed by atoms with van der Waals surface area (Å²) in [5.74, 6) is 0.328. The topological polar surface area (TPSA) is 97.4 Å². The third-order valence-corrected chi connectivity index (χ3v) is 2.49. The van der Waals surface area contributed by atoms with Gasteiger partial charge in [0.25, 0.3) is 0 Å². The summed E-state index contributed by atoms with van der Waals surface area (Å²) in [6.07, 6.45) is 1.13. The van der Waals surface area contributed by atoms with Gasteiger partial charge in [-0.05, 0) is 18.6 Å². The van der Waals surface area contributed by atoms with Gasteiger partial charge in [0, 0.05) is 25.3 Å². The SMILES string of the molecule is COCC(N)C(=O)Nc1cccc(OCCCC#N)c1. The van der Waals surface area contributed by atoms with Crippen molar-refractivity contribution in [2.75, 3.05) is 25.6 Å². The van der Waals surface area contributed by atoms with E-state index in [1.807, 2.05) is 0 Å². The molecule has 1 aromatic rings. The van der Waals surface area contributed by atoms with Crippen LogP contribution >= 0.6 is 0 Å². The van der Waals surface area contributed by atoms with Gasteiger partial charge in [-0.2, -0.15) is 5.26 Å². The average Bonchev–Trinajstić information content (AvgIpc) is 2.44. The van der Waals surface area contributed by atoms with E-state index in [1.165, 1.54) is 7.11 Å². The maximum Gasteiger partial charge on any atom is 0.243 e. The lowest BCUT2D eigenvalue weighted by Gasteiger charge is -2.12. The minimum Gasteiger partial charge on any atom is -0.493 e. The molecule has 0 spiro atoms. The molecular weight excluding hydrogens is 258 g/mol. The highest BCUT2D eigenvalue weighted by Gasteiger charge is 2.13. The fourth-order valence-electron chi connectivity index (χ4n) is 1.50. The molecular formula is C14H19N3O3. The summed E-state index contributed by atoms with van der Waals surface area (Å²) in [6, 6.07) is 8.37. The quantitative estimate of drug-likeness (QED) is 0.698. The van der Waals surface area contributed by atoms with Gasteiger partial charge in [0.05, 0.1) is 19.3 Å². The summed E-state index contributed by atoms with van der Waals surface area (Å²) in [4.78, 5) is 11.7. The van der Waals surface area contributed by atoms with Crippen LogP contribution in [0.5, 0.6) is 5.75 Å². The second-order valence-corrected chi connectivity index (χ2v) is 4.19. The Morgan fingerprint density at radius 2 is 2.35 bits per heavy atom. The van der Waals surface area contributed by atoms with E-state index in [2.05, 4.69) is 11.4 Å². The first kappa shape index (κ1) is 16.0. The van der Waals surface area contributed by atoms with E-state index in [0.717, 1.165) is 0 Å². The van der Waals surface area contributed by atoms with Gasteiger partial charge >= 0.3 is 0 Å². The van der Waals surface area contributed by atoms with Crippen LogP contribution in [-0.4, -0.2) is 32.3 Å². The first-order chi connectivity index (χ1) is 9.67. The van der Waals surface area contributed by atoms with Gasteiger partial charge in [-0.3, -0.25) is 4.79 Å². The lowest BCUT2D eigenvalue weighted by molar-refractivity contribution is -0.118. The van der Waals surface area contributed by atoms with Crippen LogP contribution in [0.2, 0.25) is 0 Å². The summed E-state index contributed by atoms with van der Waals surface area (Å²) in [6.45, 7) is 0.629. The summed E-state index contributed by atoms with van der Waals surface area (Å²) < 4.78 is 10.3. The number of nitrogens with two attached hydrogens (primary N) is 1. The molecule has 0 aliphatic heterocycles. The van der Waals surface area contributed by atoms with Crippen LogP contribution in [0, 0.1) is 11.3 Å². The van der Waals surface area contributed by atoms with Crippen LogP contribution in [0.4, 0.5) is 5.69 Å². The summed E-state index contributed by atoms with van der Waals surface area (Å²) >= 11 is 0. The Bertz CT molecular complexity index is 471. The molecule has 1 atom stereocenters. The second kappa shape index (κ2) is 8.91. The lowest BCUT2D eigenvalue weighted by atomic mass is 10.2. The van der Waals surface area contributed by atoms with Crippen LogP contribution in [0.25, 0.3) is 0 Å². The number of carbonyl (C=O) groups excluding carboxylic acids is 1. The van der Waals surface area contributed by atoms with E-state index in [-0.39, 0.29) is 12.5 Å². The zero-order chi connectivity index (χ0) is 14.8. The van der Waals surface area contributed by atoms with Gasteiger partial charge in [0.1, 0.15) is 11.8 Å². The fraction of sp³-hybridized carbons (Fsp3) is 0.429. The fourth-order valence-corrected chi connectivity index (χ4v) is 1.50. The minimum atomic E-state index is -0.708. The number of hydrogen-bond acceptors (Lipinski definition) is 5. The Labute approximate surface area is 118 Å². The zero-order valence-corrected chi connectivity index (χ0v) is 11.5. The van der Waals surface area contributed by atoms with Gasteiger partial charge < -0.3 is 20.5 Å². The van der Waals surface area contributed by atoms with Crippen LogP contribution in [0.15, 0.2) is 24.3 Å². The van der Waals surface area contributed by atoms with Crippen LogP contribution in [0.3, 0.4) is 0 Å². The van der Waals surface area contributed by atoms with Gasteiger partial charge in [-0.1, -0.05) is 6.07 Å². The third kappa shape index (κ3) is 5.69. The van der Waals surface area contributed by atoms with Crippen LogP contribution in [-0.2, 0) is 9.53 Å². The number of ether oxygens (including phenoxy) is 2. The van der Waals surface area contributed by atoms with Crippen molar-refractivity contribution in [3.05, 3.63) is 24.3 Å². The number of nitrogens with one attached hydrogen (secondary N) is 1. The Morgan fingerprint density at radius 3 is 3.05 bits per heavy atom.